The summed E-state index contributed by atoms with van der Waals surface area (Å²) in [4.78, 5) is 11.8. The molecule has 2 N–H and O–H groups in total. The minimum Gasteiger partial charge on any atom is -0.351 e. The lowest BCUT2D eigenvalue weighted by atomic mass is 10.2. The Balaban J connectivity index is 0.00000289. The lowest BCUT2D eigenvalue weighted by Gasteiger charge is -2.05. The van der Waals surface area contributed by atoms with E-state index >= 15 is 0 Å². The SMILES string of the molecule is CNCCNC(=O)c1cccc(S(C)(=O)=O)c1.Cl. The number of amides is 1. The number of rotatable bonds is 5. The van der Waals surface area contributed by atoms with Gasteiger partial charge in [0.05, 0.1) is 4.90 Å². The maximum Gasteiger partial charge on any atom is 0.251 e. The van der Waals surface area contributed by atoms with Crippen LogP contribution in [0.25, 0.3) is 0 Å². The van der Waals surface area contributed by atoms with Gasteiger partial charge in [-0.25, -0.2) is 8.42 Å². The molecule has 0 radical (unpaired) electrons. The molecule has 1 aromatic rings. The van der Waals surface area contributed by atoms with Crippen LogP contribution in [0.5, 0.6) is 0 Å². The average Bonchev–Trinajstić information content (AvgIpc) is 2.28. The summed E-state index contributed by atoms with van der Waals surface area (Å²) in [5.74, 6) is -0.272. The first kappa shape index (κ1) is 16.9. The molecule has 18 heavy (non-hydrogen) atoms. The first-order chi connectivity index (χ1) is 7.95. The zero-order chi connectivity index (χ0) is 12.9. The molecule has 0 aliphatic rings. The molecule has 0 aliphatic carbocycles. The number of halogens is 1. The maximum atomic E-state index is 11.7. The Kier molecular flexibility index (Phi) is 6.90. The summed E-state index contributed by atoms with van der Waals surface area (Å²) in [6, 6.07) is 6.00. The Morgan fingerprint density at radius 1 is 1.28 bits per heavy atom. The molecular formula is C11H17ClN2O3S. The van der Waals surface area contributed by atoms with Crippen LogP contribution >= 0.6 is 12.4 Å². The van der Waals surface area contributed by atoms with Gasteiger partial charge in [0.15, 0.2) is 9.84 Å². The Bertz CT molecular complexity index is 503. The van der Waals surface area contributed by atoms with Crippen molar-refractivity contribution < 1.29 is 13.2 Å². The van der Waals surface area contributed by atoms with Gasteiger partial charge in [-0.05, 0) is 25.2 Å². The molecule has 0 bridgehead atoms. The molecule has 1 amide bonds. The van der Waals surface area contributed by atoms with Gasteiger partial charge in [0.25, 0.3) is 5.91 Å². The fourth-order valence-electron chi connectivity index (χ4n) is 1.27. The standard InChI is InChI=1S/C11H16N2O3S.ClH/c1-12-6-7-13-11(14)9-4-3-5-10(8-9)17(2,15)16;/h3-5,8,12H,6-7H2,1-2H3,(H,13,14);1H. The Labute approximate surface area is 113 Å². The molecule has 0 aromatic heterocycles. The number of nitrogens with one attached hydrogen (secondary N) is 2. The molecule has 0 saturated carbocycles. The van der Waals surface area contributed by atoms with Crippen LogP contribution in [0.4, 0.5) is 0 Å². The smallest absolute Gasteiger partial charge is 0.251 e. The zero-order valence-electron chi connectivity index (χ0n) is 10.3. The molecule has 0 saturated heterocycles. The van der Waals surface area contributed by atoms with E-state index in [1.165, 1.54) is 12.1 Å². The normalized spacial score (nSPS) is 10.6. The maximum absolute atomic E-state index is 11.7. The summed E-state index contributed by atoms with van der Waals surface area (Å²) in [5, 5.41) is 5.58. The number of carbonyl (C=O) groups excluding carboxylic acids is 1. The Morgan fingerprint density at radius 2 is 1.94 bits per heavy atom. The van der Waals surface area contributed by atoms with Crippen LogP contribution in [0.3, 0.4) is 0 Å². The van der Waals surface area contributed by atoms with Gasteiger partial charge in [0.2, 0.25) is 0 Å². The monoisotopic (exact) mass is 292 g/mol. The number of sulfone groups is 1. The predicted molar refractivity (Wildman–Crippen MR) is 73.1 cm³/mol. The van der Waals surface area contributed by atoms with Crippen molar-refractivity contribution in [1.29, 1.82) is 0 Å². The Hall–Kier alpha value is -1.11. The van der Waals surface area contributed by atoms with Crippen LogP contribution in [0.15, 0.2) is 29.2 Å². The second-order valence-corrected chi connectivity index (χ2v) is 5.68. The van der Waals surface area contributed by atoms with Gasteiger partial charge in [-0.15, -0.1) is 12.4 Å². The molecule has 0 fully saturated rings. The van der Waals surface area contributed by atoms with E-state index in [2.05, 4.69) is 10.6 Å². The molecule has 1 rings (SSSR count). The lowest BCUT2D eigenvalue weighted by molar-refractivity contribution is 0.0954. The van der Waals surface area contributed by atoms with Crippen LogP contribution in [0, 0.1) is 0 Å². The third-order valence-corrected chi connectivity index (χ3v) is 3.30. The molecule has 0 atom stereocenters. The first-order valence-electron chi connectivity index (χ1n) is 5.18. The van der Waals surface area contributed by atoms with Crippen molar-refractivity contribution in [1.82, 2.24) is 10.6 Å². The molecule has 0 heterocycles. The summed E-state index contributed by atoms with van der Waals surface area (Å²) >= 11 is 0. The van der Waals surface area contributed by atoms with Crippen molar-refractivity contribution >= 4 is 28.2 Å². The summed E-state index contributed by atoms with van der Waals surface area (Å²) in [5.41, 5.74) is 0.351. The highest BCUT2D eigenvalue weighted by atomic mass is 35.5. The quantitative estimate of drug-likeness (QED) is 0.773. The van der Waals surface area contributed by atoms with E-state index in [0.717, 1.165) is 6.26 Å². The van der Waals surface area contributed by atoms with Crippen molar-refractivity contribution in [2.75, 3.05) is 26.4 Å². The minimum atomic E-state index is -3.28. The second kappa shape index (κ2) is 7.35. The van der Waals surface area contributed by atoms with E-state index in [1.54, 1.807) is 19.2 Å². The van der Waals surface area contributed by atoms with E-state index in [1.807, 2.05) is 0 Å². The Morgan fingerprint density at radius 3 is 2.50 bits per heavy atom. The lowest BCUT2D eigenvalue weighted by Crippen LogP contribution is -2.30. The fourth-order valence-corrected chi connectivity index (χ4v) is 1.94. The molecule has 5 nitrogen and oxygen atoms in total. The third-order valence-electron chi connectivity index (χ3n) is 2.18. The molecule has 0 spiro atoms. The van der Waals surface area contributed by atoms with Crippen LogP contribution in [0.2, 0.25) is 0 Å². The van der Waals surface area contributed by atoms with E-state index < -0.39 is 9.84 Å². The van der Waals surface area contributed by atoms with E-state index in [-0.39, 0.29) is 23.2 Å². The number of hydrogen-bond acceptors (Lipinski definition) is 4. The van der Waals surface area contributed by atoms with Crippen LogP contribution in [-0.4, -0.2) is 40.7 Å². The van der Waals surface area contributed by atoms with Crippen LogP contribution < -0.4 is 10.6 Å². The second-order valence-electron chi connectivity index (χ2n) is 3.66. The number of carbonyl (C=O) groups is 1. The number of hydrogen-bond donors (Lipinski definition) is 2. The number of likely N-dealkylation sites (N-methyl/N-ethyl adjacent to an activating group) is 1. The highest BCUT2D eigenvalue weighted by Gasteiger charge is 2.10. The molecule has 0 aliphatic heterocycles. The zero-order valence-corrected chi connectivity index (χ0v) is 11.9. The summed E-state index contributed by atoms with van der Waals surface area (Å²) in [6.45, 7) is 1.16. The van der Waals surface area contributed by atoms with Gasteiger partial charge >= 0.3 is 0 Å². The predicted octanol–water partition coefficient (Wildman–Crippen LogP) is 0.461. The molecule has 7 heteroatoms. The van der Waals surface area contributed by atoms with Crippen molar-refractivity contribution in [3.63, 3.8) is 0 Å². The van der Waals surface area contributed by atoms with Crippen molar-refractivity contribution in [2.24, 2.45) is 0 Å². The molecule has 1 aromatic carbocycles. The van der Waals surface area contributed by atoms with Gasteiger partial charge < -0.3 is 10.6 Å². The highest BCUT2D eigenvalue weighted by Crippen LogP contribution is 2.11. The van der Waals surface area contributed by atoms with Gasteiger partial charge in [-0.3, -0.25) is 4.79 Å². The van der Waals surface area contributed by atoms with Crippen molar-refractivity contribution in [2.45, 2.75) is 4.90 Å². The molecular weight excluding hydrogens is 276 g/mol. The molecule has 102 valence electrons. The van der Waals surface area contributed by atoms with E-state index in [4.69, 9.17) is 0 Å². The summed E-state index contributed by atoms with van der Waals surface area (Å²) in [6.07, 6.45) is 1.12. The molecule has 0 unspecified atom stereocenters. The summed E-state index contributed by atoms with van der Waals surface area (Å²) < 4.78 is 22.7. The van der Waals surface area contributed by atoms with Crippen molar-refractivity contribution in [3.05, 3.63) is 29.8 Å². The van der Waals surface area contributed by atoms with Crippen LogP contribution in [-0.2, 0) is 9.84 Å². The third kappa shape index (κ3) is 5.03. The minimum absolute atomic E-state index is 0. The van der Waals surface area contributed by atoms with Gasteiger partial charge in [-0.1, -0.05) is 6.07 Å². The first-order valence-corrected chi connectivity index (χ1v) is 7.07. The topological polar surface area (TPSA) is 75.3 Å². The number of benzene rings is 1. The van der Waals surface area contributed by atoms with Crippen molar-refractivity contribution in [3.8, 4) is 0 Å². The largest absolute Gasteiger partial charge is 0.351 e. The van der Waals surface area contributed by atoms with Gasteiger partial charge in [0.1, 0.15) is 0 Å². The van der Waals surface area contributed by atoms with Crippen LogP contribution in [0.1, 0.15) is 10.4 Å². The highest BCUT2D eigenvalue weighted by molar-refractivity contribution is 7.90. The fraction of sp³-hybridized carbons (Fsp3) is 0.364. The summed E-state index contributed by atoms with van der Waals surface area (Å²) in [7, 11) is -1.49. The van der Waals surface area contributed by atoms with Gasteiger partial charge in [-0.2, -0.15) is 0 Å². The van der Waals surface area contributed by atoms with E-state index in [9.17, 15) is 13.2 Å². The average molecular weight is 293 g/mol. The van der Waals surface area contributed by atoms with Gasteiger partial charge in [0, 0.05) is 24.9 Å². The van der Waals surface area contributed by atoms with E-state index in [0.29, 0.717) is 18.7 Å².